The van der Waals surface area contributed by atoms with Gasteiger partial charge in [0.15, 0.2) is 0 Å². The molecule has 0 radical (unpaired) electrons. The van der Waals surface area contributed by atoms with Crippen LogP contribution < -0.4 is 10.1 Å². The number of hydrogen-bond acceptors (Lipinski definition) is 3. The molecule has 0 bridgehead atoms. The Morgan fingerprint density at radius 1 is 0.933 bits per heavy atom. The van der Waals surface area contributed by atoms with Crippen LogP contribution in [0.25, 0.3) is 0 Å². The van der Waals surface area contributed by atoms with Gasteiger partial charge in [0.1, 0.15) is 11.5 Å². The molecular formula is C22H16F3NO4. The summed E-state index contributed by atoms with van der Waals surface area (Å²) < 4.78 is 45.0. The maximum Gasteiger partial charge on any atom is 0.416 e. The van der Waals surface area contributed by atoms with Crippen LogP contribution in [0.2, 0.25) is 0 Å². The minimum Gasteiger partial charge on any atom is -0.478 e. The largest absolute Gasteiger partial charge is 0.478 e. The molecular weight excluding hydrogens is 399 g/mol. The molecule has 0 aliphatic carbocycles. The molecule has 0 heterocycles. The first-order chi connectivity index (χ1) is 14.1. The zero-order chi connectivity index (χ0) is 21.9. The summed E-state index contributed by atoms with van der Waals surface area (Å²) in [4.78, 5) is 23.6. The molecule has 154 valence electrons. The van der Waals surface area contributed by atoms with E-state index in [1.165, 1.54) is 24.3 Å². The number of carbonyl (C=O) groups excluding carboxylic acids is 1. The van der Waals surface area contributed by atoms with Gasteiger partial charge < -0.3 is 15.2 Å². The molecule has 0 aliphatic heterocycles. The Labute approximate surface area is 169 Å². The van der Waals surface area contributed by atoms with Crippen molar-refractivity contribution in [2.75, 3.05) is 5.32 Å². The molecule has 0 aromatic heterocycles. The van der Waals surface area contributed by atoms with Crippen molar-refractivity contribution in [2.45, 2.75) is 13.1 Å². The Balaban J connectivity index is 1.92. The number of aromatic carboxylic acids is 1. The van der Waals surface area contributed by atoms with Crippen LogP contribution in [-0.2, 0) is 6.18 Å². The van der Waals surface area contributed by atoms with Crippen LogP contribution in [-0.4, -0.2) is 17.0 Å². The first-order valence-corrected chi connectivity index (χ1v) is 8.74. The van der Waals surface area contributed by atoms with Crippen LogP contribution in [0.1, 0.15) is 31.8 Å². The van der Waals surface area contributed by atoms with E-state index in [4.69, 9.17) is 9.84 Å². The van der Waals surface area contributed by atoms with E-state index < -0.39 is 23.6 Å². The zero-order valence-electron chi connectivity index (χ0n) is 15.7. The van der Waals surface area contributed by atoms with Gasteiger partial charge in [0.25, 0.3) is 5.91 Å². The lowest BCUT2D eigenvalue weighted by Gasteiger charge is -2.15. The number of ether oxygens (including phenoxy) is 1. The molecule has 0 unspecified atom stereocenters. The highest BCUT2D eigenvalue weighted by Gasteiger charge is 2.32. The molecule has 0 saturated carbocycles. The van der Waals surface area contributed by atoms with E-state index in [0.717, 1.165) is 23.8 Å². The van der Waals surface area contributed by atoms with Crippen molar-refractivity contribution in [3.05, 3.63) is 89.0 Å². The number of rotatable bonds is 5. The van der Waals surface area contributed by atoms with E-state index in [9.17, 15) is 22.8 Å². The highest BCUT2D eigenvalue weighted by Crippen LogP contribution is 2.35. The summed E-state index contributed by atoms with van der Waals surface area (Å²) in [7, 11) is 0. The summed E-state index contributed by atoms with van der Waals surface area (Å²) in [5, 5.41) is 11.4. The van der Waals surface area contributed by atoms with Crippen LogP contribution in [0.3, 0.4) is 0 Å². The Morgan fingerprint density at radius 2 is 1.57 bits per heavy atom. The topological polar surface area (TPSA) is 75.6 Å². The second-order valence-corrected chi connectivity index (χ2v) is 6.46. The maximum atomic E-state index is 13.1. The summed E-state index contributed by atoms with van der Waals surface area (Å²) in [5.74, 6) is -1.80. The molecule has 2 N–H and O–H groups in total. The van der Waals surface area contributed by atoms with Gasteiger partial charge in [0.05, 0.1) is 16.7 Å². The Hall–Kier alpha value is -3.81. The summed E-state index contributed by atoms with van der Waals surface area (Å²) in [6.45, 7) is 1.85. The lowest BCUT2D eigenvalue weighted by Crippen LogP contribution is -2.14. The molecule has 5 nitrogen and oxygen atoms in total. The van der Waals surface area contributed by atoms with Crippen LogP contribution >= 0.6 is 0 Å². The Kier molecular flexibility index (Phi) is 5.77. The molecule has 3 aromatic rings. The predicted octanol–water partition coefficient (Wildman–Crippen LogP) is 5.76. The first kappa shape index (κ1) is 20.9. The summed E-state index contributed by atoms with van der Waals surface area (Å²) in [5.41, 5.74) is 0.198. The molecule has 3 aromatic carbocycles. The third-order valence-corrected chi connectivity index (χ3v) is 4.19. The van der Waals surface area contributed by atoms with Gasteiger partial charge in [-0.25, -0.2) is 4.79 Å². The van der Waals surface area contributed by atoms with Crippen molar-refractivity contribution in [1.29, 1.82) is 0 Å². The quantitative estimate of drug-likeness (QED) is 0.556. The molecule has 0 saturated heterocycles. The third kappa shape index (κ3) is 4.96. The average molecular weight is 415 g/mol. The fourth-order valence-electron chi connectivity index (χ4n) is 2.60. The maximum absolute atomic E-state index is 13.1. The number of anilines is 1. The summed E-state index contributed by atoms with van der Waals surface area (Å²) in [6, 6.07) is 14.6. The first-order valence-electron chi connectivity index (χ1n) is 8.74. The monoisotopic (exact) mass is 415 g/mol. The molecule has 30 heavy (non-hydrogen) atoms. The SMILES string of the molecule is Cc1ccc(Oc2cc(C(F)(F)F)ccc2C(=O)Nc2ccc(C(=O)O)cc2)cc1. The number of alkyl halides is 3. The molecule has 0 atom stereocenters. The van der Waals surface area contributed by atoms with Crippen LogP contribution in [0, 0.1) is 6.92 Å². The number of carboxylic acids is 1. The van der Waals surface area contributed by atoms with Gasteiger partial charge in [-0.1, -0.05) is 17.7 Å². The lowest BCUT2D eigenvalue weighted by atomic mass is 10.1. The molecule has 0 spiro atoms. The van der Waals surface area contributed by atoms with E-state index in [-0.39, 0.29) is 28.3 Å². The van der Waals surface area contributed by atoms with Gasteiger partial charge in [-0.15, -0.1) is 0 Å². The fraction of sp³-hybridized carbons (Fsp3) is 0.0909. The van der Waals surface area contributed by atoms with Crippen LogP contribution in [0.4, 0.5) is 18.9 Å². The van der Waals surface area contributed by atoms with E-state index in [1.807, 2.05) is 6.92 Å². The average Bonchev–Trinajstić information content (AvgIpc) is 2.69. The number of carboxylic acid groups (broad SMARTS) is 1. The van der Waals surface area contributed by atoms with Gasteiger partial charge in [-0.2, -0.15) is 13.2 Å². The third-order valence-electron chi connectivity index (χ3n) is 4.19. The lowest BCUT2D eigenvalue weighted by molar-refractivity contribution is -0.137. The smallest absolute Gasteiger partial charge is 0.416 e. The van der Waals surface area contributed by atoms with E-state index in [2.05, 4.69) is 5.32 Å². The highest BCUT2D eigenvalue weighted by molar-refractivity contribution is 6.06. The normalized spacial score (nSPS) is 11.1. The molecule has 8 heteroatoms. The predicted molar refractivity (Wildman–Crippen MR) is 104 cm³/mol. The second kappa shape index (κ2) is 8.28. The zero-order valence-corrected chi connectivity index (χ0v) is 15.7. The fourth-order valence-corrected chi connectivity index (χ4v) is 2.60. The molecule has 3 rings (SSSR count). The number of aryl methyl sites for hydroxylation is 1. The van der Waals surface area contributed by atoms with Gasteiger partial charge in [-0.3, -0.25) is 4.79 Å². The minimum atomic E-state index is -4.60. The minimum absolute atomic E-state index is 0.0333. The second-order valence-electron chi connectivity index (χ2n) is 6.46. The Morgan fingerprint density at radius 3 is 2.13 bits per heavy atom. The molecule has 1 amide bonds. The van der Waals surface area contributed by atoms with Crippen LogP contribution in [0.15, 0.2) is 66.7 Å². The number of nitrogens with one attached hydrogen (secondary N) is 1. The number of carbonyl (C=O) groups is 2. The van der Waals surface area contributed by atoms with Crippen molar-refractivity contribution >= 4 is 17.6 Å². The van der Waals surface area contributed by atoms with Crippen molar-refractivity contribution in [3.8, 4) is 11.5 Å². The van der Waals surface area contributed by atoms with Crippen molar-refractivity contribution < 1.29 is 32.6 Å². The van der Waals surface area contributed by atoms with Crippen LogP contribution in [0.5, 0.6) is 11.5 Å². The van der Waals surface area contributed by atoms with E-state index in [0.29, 0.717) is 0 Å². The number of benzene rings is 3. The number of halogens is 3. The molecule has 0 fully saturated rings. The van der Waals surface area contributed by atoms with E-state index in [1.54, 1.807) is 24.3 Å². The van der Waals surface area contributed by atoms with Gasteiger partial charge in [-0.05, 0) is 61.5 Å². The van der Waals surface area contributed by atoms with Gasteiger partial charge in [0, 0.05) is 5.69 Å². The standard InChI is InChI=1S/C22H16F3NO4/c1-13-2-9-17(10-3-13)30-19-12-15(22(23,24)25)6-11-18(19)20(27)26-16-7-4-14(5-8-16)21(28)29/h2-12H,1H3,(H,26,27)(H,28,29). The highest BCUT2D eigenvalue weighted by atomic mass is 19.4. The number of amides is 1. The van der Waals surface area contributed by atoms with E-state index >= 15 is 0 Å². The summed E-state index contributed by atoms with van der Waals surface area (Å²) >= 11 is 0. The Bertz CT molecular complexity index is 1080. The summed E-state index contributed by atoms with van der Waals surface area (Å²) in [6.07, 6.45) is -4.60. The van der Waals surface area contributed by atoms with Gasteiger partial charge in [0.2, 0.25) is 0 Å². The molecule has 0 aliphatic rings. The van der Waals surface area contributed by atoms with Gasteiger partial charge >= 0.3 is 12.1 Å². The van der Waals surface area contributed by atoms with Crippen molar-refractivity contribution in [3.63, 3.8) is 0 Å². The number of hydrogen-bond donors (Lipinski definition) is 2. The van der Waals surface area contributed by atoms with Crippen molar-refractivity contribution in [1.82, 2.24) is 0 Å². The van der Waals surface area contributed by atoms with Crippen molar-refractivity contribution in [2.24, 2.45) is 0 Å².